The molecule has 7 heteroatoms. The van der Waals surface area contributed by atoms with Crippen LogP contribution in [0.4, 0.5) is 4.39 Å². The Kier molecular flexibility index (Phi) is 5.03. The predicted octanol–water partition coefficient (Wildman–Crippen LogP) is 2.86. The first-order chi connectivity index (χ1) is 12.2. The van der Waals surface area contributed by atoms with Gasteiger partial charge in [0.2, 0.25) is 11.7 Å². The highest BCUT2D eigenvalue weighted by Gasteiger charge is 2.13. The molecule has 0 aliphatic heterocycles. The van der Waals surface area contributed by atoms with E-state index in [2.05, 4.69) is 15.5 Å². The van der Waals surface area contributed by atoms with Gasteiger partial charge in [-0.25, -0.2) is 4.39 Å². The Balaban J connectivity index is 1.60. The van der Waals surface area contributed by atoms with E-state index in [0.29, 0.717) is 30.4 Å². The lowest BCUT2D eigenvalue weighted by Gasteiger charge is -2.03. The van der Waals surface area contributed by atoms with Gasteiger partial charge in [-0.05, 0) is 30.3 Å². The van der Waals surface area contributed by atoms with E-state index in [1.165, 1.54) is 18.2 Å². The number of amides is 1. The van der Waals surface area contributed by atoms with Crippen LogP contribution in [0.1, 0.15) is 16.2 Å². The van der Waals surface area contributed by atoms with Crippen LogP contribution in [0.3, 0.4) is 0 Å². The molecule has 1 heterocycles. The van der Waals surface area contributed by atoms with E-state index in [1.807, 2.05) is 24.3 Å². The summed E-state index contributed by atoms with van der Waals surface area (Å²) in [7, 11) is 1.57. The number of benzene rings is 2. The van der Waals surface area contributed by atoms with Crippen LogP contribution in [0, 0.1) is 5.82 Å². The van der Waals surface area contributed by atoms with Gasteiger partial charge in [-0.1, -0.05) is 23.4 Å². The molecule has 1 amide bonds. The Hall–Kier alpha value is -3.22. The lowest BCUT2D eigenvalue weighted by Crippen LogP contribution is -2.25. The molecular formula is C18H16FN3O3. The topological polar surface area (TPSA) is 77.3 Å². The summed E-state index contributed by atoms with van der Waals surface area (Å²) >= 11 is 0. The summed E-state index contributed by atoms with van der Waals surface area (Å²) in [5.74, 6) is 0.647. The molecule has 1 N–H and O–H groups in total. The summed E-state index contributed by atoms with van der Waals surface area (Å²) in [5, 5.41) is 6.62. The number of aromatic nitrogens is 2. The number of nitrogens with one attached hydrogen (secondary N) is 1. The van der Waals surface area contributed by atoms with Gasteiger partial charge in [-0.3, -0.25) is 4.79 Å². The number of halogens is 1. The molecule has 3 rings (SSSR count). The molecule has 1 aromatic heterocycles. The molecule has 0 radical (unpaired) electrons. The van der Waals surface area contributed by atoms with Gasteiger partial charge < -0.3 is 14.6 Å². The number of hydrogen-bond acceptors (Lipinski definition) is 5. The molecule has 6 nitrogen and oxygen atoms in total. The summed E-state index contributed by atoms with van der Waals surface area (Å²) in [6.45, 7) is 0.295. The molecule has 0 aliphatic rings. The van der Waals surface area contributed by atoms with E-state index in [1.54, 1.807) is 13.2 Å². The zero-order valence-electron chi connectivity index (χ0n) is 13.5. The number of methoxy groups -OCH3 is 1. The second kappa shape index (κ2) is 7.57. The molecule has 25 heavy (non-hydrogen) atoms. The van der Waals surface area contributed by atoms with Crippen LogP contribution < -0.4 is 10.1 Å². The average Bonchev–Trinajstić information content (AvgIpc) is 3.10. The molecule has 0 atom stereocenters. The second-order valence-corrected chi connectivity index (χ2v) is 5.23. The normalized spacial score (nSPS) is 10.5. The maximum atomic E-state index is 13.1. The number of carbonyl (C=O) groups is 1. The first-order valence-electron chi connectivity index (χ1n) is 7.67. The van der Waals surface area contributed by atoms with Crippen molar-refractivity contribution in [3.63, 3.8) is 0 Å². The van der Waals surface area contributed by atoms with E-state index in [-0.39, 0.29) is 11.5 Å². The highest BCUT2D eigenvalue weighted by Crippen LogP contribution is 2.26. The van der Waals surface area contributed by atoms with Gasteiger partial charge in [0.25, 0.3) is 5.91 Å². The van der Waals surface area contributed by atoms with Gasteiger partial charge in [0.05, 0.1) is 12.7 Å². The van der Waals surface area contributed by atoms with Gasteiger partial charge >= 0.3 is 0 Å². The zero-order valence-corrected chi connectivity index (χ0v) is 13.5. The Morgan fingerprint density at radius 3 is 2.88 bits per heavy atom. The van der Waals surface area contributed by atoms with E-state index in [9.17, 15) is 9.18 Å². The third-order valence-corrected chi connectivity index (χ3v) is 3.53. The van der Waals surface area contributed by atoms with Gasteiger partial charge in [0.15, 0.2) is 0 Å². The Morgan fingerprint density at radius 2 is 2.08 bits per heavy atom. The number of hydrogen-bond donors (Lipinski definition) is 1. The first-order valence-corrected chi connectivity index (χ1v) is 7.67. The standard InChI is InChI=1S/C18H16FN3O3/c1-24-15-8-3-2-7-14(15)17-21-16(25-22-17)9-10-20-18(23)12-5-4-6-13(19)11-12/h2-8,11H,9-10H2,1H3,(H,20,23). The van der Waals surface area contributed by atoms with Gasteiger partial charge in [0.1, 0.15) is 11.6 Å². The highest BCUT2D eigenvalue weighted by molar-refractivity contribution is 5.94. The van der Waals surface area contributed by atoms with Crippen LogP contribution in [0.15, 0.2) is 53.1 Å². The molecule has 0 bridgehead atoms. The lowest BCUT2D eigenvalue weighted by molar-refractivity contribution is 0.0953. The second-order valence-electron chi connectivity index (χ2n) is 5.23. The van der Waals surface area contributed by atoms with E-state index >= 15 is 0 Å². The minimum Gasteiger partial charge on any atom is -0.496 e. The van der Waals surface area contributed by atoms with E-state index in [4.69, 9.17) is 9.26 Å². The molecule has 0 saturated carbocycles. The van der Waals surface area contributed by atoms with Crippen molar-refractivity contribution in [1.82, 2.24) is 15.5 Å². The smallest absolute Gasteiger partial charge is 0.251 e. The summed E-state index contributed by atoms with van der Waals surface area (Å²) in [6, 6.07) is 12.9. The summed E-state index contributed by atoms with van der Waals surface area (Å²) < 4.78 is 23.6. The Bertz CT molecular complexity index is 879. The van der Waals surface area contributed by atoms with Crippen molar-refractivity contribution in [2.24, 2.45) is 0 Å². The largest absolute Gasteiger partial charge is 0.496 e. The maximum Gasteiger partial charge on any atom is 0.251 e. The highest BCUT2D eigenvalue weighted by atomic mass is 19.1. The minimum absolute atomic E-state index is 0.264. The van der Waals surface area contributed by atoms with Crippen LogP contribution >= 0.6 is 0 Å². The lowest BCUT2D eigenvalue weighted by atomic mass is 10.2. The molecule has 0 unspecified atom stereocenters. The maximum absolute atomic E-state index is 13.1. The SMILES string of the molecule is COc1ccccc1-c1noc(CCNC(=O)c2cccc(F)c2)n1. The fraction of sp³-hybridized carbons (Fsp3) is 0.167. The monoisotopic (exact) mass is 341 g/mol. The van der Waals surface area contributed by atoms with Crippen LogP contribution in [0.2, 0.25) is 0 Å². The van der Waals surface area contributed by atoms with Crippen molar-refractivity contribution >= 4 is 5.91 Å². The molecule has 0 aliphatic carbocycles. The van der Waals surface area contributed by atoms with Crippen molar-refractivity contribution in [2.75, 3.05) is 13.7 Å². The molecule has 0 saturated heterocycles. The van der Waals surface area contributed by atoms with Crippen LogP contribution in [-0.2, 0) is 6.42 Å². The molecule has 128 valence electrons. The van der Waals surface area contributed by atoms with E-state index < -0.39 is 5.82 Å². The van der Waals surface area contributed by atoms with Crippen molar-refractivity contribution in [3.8, 4) is 17.1 Å². The summed E-state index contributed by atoms with van der Waals surface area (Å²) in [4.78, 5) is 16.2. The Morgan fingerprint density at radius 1 is 1.24 bits per heavy atom. The van der Waals surface area contributed by atoms with Gasteiger partial charge in [-0.15, -0.1) is 0 Å². The van der Waals surface area contributed by atoms with Crippen molar-refractivity contribution < 1.29 is 18.4 Å². The van der Waals surface area contributed by atoms with Gasteiger partial charge in [-0.2, -0.15) is 4.98 Å². The number of para-hydroxylation sites is 1. The van der Waals surface area contributed by atoms with Crippen molar-refractivity contribution in [1.29, 1.82) is 0 Å². The zero-order chi connectivity index (χ0) is 17.6. The first kappa shape index (κ1) is 16.6. The molecule has 3 aromatic rings. The predicted molar refractivity (Wildman–Crippen MR) is 88.7 cm³/mol. The molecule has 2 aromatic carbocycles. The third-order valence-electron chi connectivity index (χ3n) is 3.53. The number of rotatable bonds is 6. The number of nitrogens with zero attached hydrogens (tertiary/aromatic N) is 2. The van der Waals surface area contributed by atoms with Crippen molar-refractivity contribution in [2.45, 2.75) is 6.42 Å². The van der Waals surface area contributed by atoms with Crippen LogP contribution in [-0.4, -0.2) is 29.7 Å². The minimum atomic E-state index is -0.453. The van der Waals surface area contributed by atoms with Crippen LogP contribution in [0.25, 0.3) is 11.4 Å². The van der Waals surface area contributed by atoms with Gasteiger partial charge in [0, 0.05) is 18.5 Å². The number of ether oxygens (including phenoxy) is 1. The van der Waals surface area contributed by atoms with E-state index in [0.717, 1.165) is 5.56 Å². The quantitative estimate of drug-likeness (QED) is 0.746. The molecule has 0 spiro atoms. The summed E-state index contributed by atoms with van der Waals surface area (Å²) in [6.07, 6.45) is 0.364. The van der Waals surface area contributed by atoms with Crippen molar-refractivity contribution in [3.05, 3.63) is 65.8 Å². The third kappa shape index (κ3) is 4.00. The fourth-order valence-corrected chi connectivity index (χ4v) is 2.31. The van der Waals surface area contributed by atoms with Crippen LogP contribution in [0.5, 0.6) is 5.75 Å². The molecular weight excluding hydrogens is 325 g/mol. The average molecular weight is 341 g/mol. The fourth-order valence-electron chi connectivity index (χ4n) is 2.31. The molecule has 0 fully saturated rings. The summed E-state index contributed by atoms with van der Waals surface area (Å²) in [5.41, 5.74) is 0.990. The number of carbonyl (C=O) groups excluding carboxylic acids is 1. The Labute approximate surface area is 143 Å².